The Bertz CT molecular complexity index is 989. The third kappa shape index (κ3) is 3.80. The topological polar surface area (TPSA) is 59.0 Å². The molecule has 0 radical (unpaired) electrons. The second-order valence-electron chi connectivity index (χ2n) is 6.73. The molecular weight excluding hydrogens is 367 g/mol. The summed E-state index contributed by atoms with van der Waals surface area (Å²) in [6.07, 6.45) is 1.10. The van der Waals surface area contributed by atoms with E-state index in [-0.39, 0.29) is 5.02 Å². The summed E-state index contributed by atoms with van der Waals surface area (Å²) in [5.41, 5.74) is 2.23. The highest BCUT2D eigenvalue weighted by Gasteiger charge is 2.36. The Labute approximate surface area is 161 Å². The van der Waals surface area contributed by atoms with Crippen LogP contribution in [0.25, 0.3) is 5.69 Å². The van der Waals surface area contributed by atoms with Crippen molar-refractivity contribution in [2.75, 3.05) is 10.6 Å². The van der Waals surface area contributed by atoms with Gasteiger partial charge in [-0.15, -0.1) is 0 Å². The molecule has 2 aromatic carbocycles. The van der Waals surface area contributed by atoms with Crippen molar-refractivity contribution >= 4 is 29.1 Å². The maximum absolute atomic E-state index is 13.3. The first kappa shape index (κ1) is 17.5. The van der Waals surface area contributed by atoms with E-state index in [1.54, 1.807) is 4.68 Å². The quantitative estimate of drug-likeness (QED) is 0.629. The molecule has 1 heterocycles. The number of halogens is 2. The smallest absolute Gasteiger partial charge is 0.308 e. The van der Waals surface area contributed by atoms with E-state index >= 15 is 0 Å². The van der Waals surface area contributed by atoms with E-state index in [9.17, 15) is 9.18 Å². The largest absolute Gasteiger partial charge is 0.324 e. The zero-order valence-corrected chi connectivity index (χ0v) is 15.4. The number of amides is 2. The maximum Gasteiger partial charge on any atom is 0.324 e. The number of rotatable bonds is 4. The van der Waals surface area contributed by atoms with Crippen molar-refractivity contribution in [3.8, 4) is 5.69 Å². The summed E-state index contributed by atoms with van der Waals surface area (Å²) >= 11 is 5.76. The van der Waals surface area contributed by atoms with Gasteiger partial charge in [-0.2, -0.15) is 5.10 Å². The van der Waals surface area contributed by atoms with Crippen LogP contribution in [0.1, 0.15) is 25.0 Å². The predicted molar refractivity (Wildman–Crippen MR) is 104 cm³/mol. The van der Waals surface area contributed by atoms with Crippen LogP contribution in [0.2, 0.25) is 5.02 Å². The third-order valence-corrected chi connectivity index (χ3v) is 4.93. The molecule has 1 aromatic heterocycles. The Hall–Kier alpha value is -2.86. The van der Waals surface area contributed by atoms with Gasteiger partial charge in [0.05, 0.1) is 16.4 Å². The molecule has 2 unspecified atom stereocenters. The Balaban J connectivity index is 1.57. The molecule has 5 nitrogen and oxygen atoms in total. The summed E-state index contributed by atoms with van der Waals surface area (Å²) in [4.78, 5) is 12.4. The molecule has 0 bridgehead atoms. The van der Waals surface area contributed by atoms with E-state index in [1.165, 1.54) is 18.2 Å². The van der Waals surface area contributed by atoms with E-state index in [0.717, 1.165) is 17.8 Å². The molecule has 0 saturated heterocycles. The Morgan fingerprint density at radius 2 is 1.93 bits per heavy atom. The van der Waals surface area contributed by atoms with Gasteiger partial charge in [-0.3, -0.25) is 5.32 Å². The van der Waals surface area contributed by atoms with Crippen LogP contribution in [-0.4, -0.2) is 15.8 Å². The van der Waals surface area contributed by atoms with Crippen LogP contribution in [0.5, 0.6) is 0 Å². The second kappa shape index (κ2) is 7.04. The van der Waals surface area contributed by atoms with Gasteiger partial charge in [0.15, 0.2) is 0 Å². The molecule has 2 amide bonds. The lowest BCUT2D eigenvalue weighted by molar-refractivity contribution is 0.262. The minimum Gasteiger partial charge on any atom is -0.308 e. The standard InChI is InChI=1S/C20H18ClFN4O/c1-12-9-15(12)18-11-19(26(25-18)14-5-3-2-4-6-14)24-20(27)23-13-7-8-17(22)16(21)10-13/h2-8,10-12,15H,9H2,1H3,(H2,23,24,27). The Kier molecular flexibility index (Phi) is 4.58. The molecule has 7 heteroatoms. The van der Waals surface area contributed by atoms with Crippen LogP contribution >= 0.6 is 11.6 Å². The zero-order chi connectivity index (χ0) is 19.0. The van der Waals surface area contributed by atoms with Crippen molar-refractivity contribution in [3.05, 3.63) is 71.1 Å². The third-order valence-electron chi connectivity index (χ3n) is 4.64. The number of hydrogen-bond acceptors (Lipinski definition) is 2. The van der Waals surface area contributed by atoms with Gasteiger partial charge in [0, 0.05) is 17.7 Å². The van der Waals surface area contributed by atoms with E-state index in [2.05, 4.69) is 22.7 Å². The number of aromatic nitrogens is 2. The molecule has 3 aromatic rings. The maximum atomic E-state index is 13.3. The van der Waals surface area contributed by atoms with Crippen LogP contribution < -0.4 is 10.6 Å². The highest BCUT2D eigenvalue weighted by molar-refractivity contribution is 6.31. The highest BCUT2D eigenvalue weighted by Crippen LogP contribution is 2.47. The van der Waals surface area contributed by atoms with Gasteiger partial charge >= 0.3 is 6.03 Å². The van der Waals surface area contributed by atoms with E-state index in [1.807, 2.05) is 36.4 Å². The Morgan fingerprint density at radius 3 is 2.59 bits per heavy atom. The lowest BCUT2D eigenvalue weighted by Gasteiger charge is -2.10. The molecule has 0 spiro atoms. The van der Waals surface area contributed by atoms with Gasteiger partial charge in [0.25, 0.3) is 0 Å². The van der Waals surface area contributed by atoms with Crippen molar-refractivity contribution in [2.45, 2.75) is 19.3 Å². The number of para-hydroxylation sites is 1. The van der Waals surface area contributed by atoms with Crippen LogP contribution in [0.4, 0.5) is 20.7 Å². The summed E-state index contributed by atoms with van der Waals surface area (Å²) in [6.45, 7) is 2.18. The molecule has 1 fully saturated rings. The summed E-state index contributed by atoms with van der Waals surface area (Å²) in [5, 5.41) is 10.1. The number of urea groups is 1. The Morgan fingerprint density at radius 1 is 1.19 bits per heavy atom. The summed E-state index contributed by atoms with van der Waals surface area (Å²) in [6, 6.07) is 15.1. The van der Waals surface area contributed by atoms with E-state index in [4.69, 9.17) is 11.6 Å². The molecule has 1 aliphatic rings. The number of hydrogen-bond donors (Lipinski definition) is 2. The fourth-order valence-electron chi connectivity index (χ4n) is 3.02. The molecular formula is C20H18ClFN4O. The molecule has 0 aliphatic heterocycles. The van der Waals surface area contributed by atoms with Crippen molar-refractivity contribution in [3.63, 3.8) is 0 Å². The second-order valence-corrected chi connectivity index (χ2v) is 7.14. The molecule has 2 atom stereocenters. The van der Waals surface area contributed by atoms with Gasteiger partial charge in [-0.25, -0.2) is 13.9 Å². The summed E-state index contributed by atoms with van der Waals surface area (Å²) < 4.78 is 15.0. The molecule has 2 N–H and O–H groups in total. The molecule has 138 valence electrons. The first-order chi connectivity index (χ1) is 13.0. The van der Waals surface area contributed by atoms with Crippen LogP contribution in [0, 0.1) is 11.7 Å². The van der Waals surface area contributed by atoms with E-state index in [0.29, 0.717) is 23.3 Å². The average Bonchev–Trinajstić information content (AvgIpc) is 3.24. The van der Waals surface area contributed by atoms with Crippen molar-refractivity contribution in [1.29, 1.82) is 0 Å². The van der Waals surface area contributed by atoms with Crippen LogP contribution in [-0.2, 0) is 0 Å². The van der Waals surface area contributed by atoms with Crippen LogP contribution in [0.3, 0.4) is 0 Å². The SMILES string of the molecule is CC1CC1c1cc(NC(=O)Nc2ccc(F)c(Cl)c2)n(-c2ccccc2)n1. The first-order valence-electron chi connectivity index (χ1n) is 8.69. The minimum atomic E-state index is -0.534. The van der Waals surface area contributed by atoms with Gasteiger partial charge in [0.2, 0.25) is 0 Å². The number of carbonyl (C=O) groups excluding carboxylic acids is 1. The fraction of sp³-hybridized carbons (Fsp3) is 0.200. The molecule has 1 saturated carbocycles. The number of nitrogens with one attached hydrogen (secondary N) is 2. The van der Waals surface area contributed by atoms with Crippen molar-refractivity contribution in [2.24, 2.45) is 5.92 Å². The molecule has 4 rings (SSSR count). The lowest BCUT2D eigenvalue weighted by Crippen LogP contribution is -2.21. The van der Waals surface area contributed by atoms with Crippen LogP contribution in [0.15, 0.2) is 54.6 Å². The van der Waals surface area contributed by atoms with Crippen molar-refractivity contribution < 1.29 is 9.18 Å². The number of nitrogens with zero attached hydrogens (tertiary/aromatic N) is 2. The molecule has 27 heavy (non-hydrogen) atoms. The van der Waals surface area contributed by atoms with Gasteiger partial charge in [-0.1, -0.05) is 36.7 Å². The first-order valence-corrected chi connectivity index (χ1v) is 9.07. The highest BCUT2D eigenvalue weighted by atomic mass is 35.5. The summed E-state index contributed by atoms with van der Waals surface area (Å²) in [5.74, 6) is 1.07. The number of carbonyl (C=O) groups is 1. The van der Waals surface area contributed by atoms with E-state index < -0.39 is 11.8 Å². The van der Waals surface area contributed by atoms with Crippen molar-refractivity contribution in [1.82, 2.24) is 9.78 Å². The fourth-order valence-corrected chi connectivity index (χ4v) is 3.20. The normalized spacial score (nSPS) is 18.2. The molecule has 1 aliphatic carbocycles. The average molecular weight is 385 g/mol. The minimum absolute atomic E-state index is 0.0489. The van der Waals surface area contributed by atoms with Gasteiger partial charge in [-0.05, 0) is 42.7 Å². The van der Waals surface area contributed by atoms with Gasteiger partial charge < -0.3 is 5.32 Å². The number of anilines is 2. The summed E-state index contributed by atoms with van der Waals surface area (Å²) in [7, 11) is 0. The zero-order valence-electron chi connectivity index (χ0n) is 14.6. The lowest BCUT2D eigenvalue weighted by atomic mass is 10.2. The van der Waals surface area contributed by atoms with Gasteiger partial charge in [0.1, 0.15) is 11.6 Å². The monoisotopic (exact) mass is 384 g/mol. The number of benzene rings is 2. The predicted octanol–water partition coefficient (Wildman–Crippen LogP) is 5.43.